The normalized spacial score (nSPS) is 15.2. The molecule has 14 heteroatoms. The Morgan fingerprint density at radius 3 is 2.88 bits per heavy atom. The van der Waals surface area contributed by atoms with Crippen LogP contribution in [0.3, 0.4) is 0 Å². The fourth-order valence-electron chi connectivity index (χ4n) is 4.78. The Morgan fingerprint density at radius 2 is 2.10 bits per heavy atom. The first-order valence-electron chi connectivity index (χ1n) is 13.5. The lowest BCUT2D eigenvalue weighted by molar-refractivity contribution is -0.117. The molecule has 0 spiro atoms. The van der Waals surface area contributed by atoms with Gasteiger partial charge in [0.25, 0.3) is 0 Å². The van der Waals surface area contributed by atoms with Gasteiger partial charge < -0.3 is 26.1 Å². The van der Waals surface area contributed by atoms with Crippen molar-refractivity contribution in [1.82, 2.24) is 35.5 Å². The number of tetrazole rings is 1. The van der Waals surface area contributed by atoms with Crippen molar-refractivity contribution in [3.05, 3.63) is 70.9 Å². The number of aromatic nitrogens is 6. The molecule has 1 aliphatic heterocycles. The zero-order valence-electron chi connectivity index (χ0n) is 22.9. The number of fused-ring (bicyclic) bond motifs is 4. The molecule has 42 heavy (non-hydrogen) atoms. The third-order valence-corrected chi connectivity index (χ3v) is 7.07. The first-order valence-corrected chi connectivity index (χ1v) is 13.9. The number of aromatic amines is 1. The highest BCUT2D eigenvalue weighted by molar-refractivity contribution is 6.30. The van der Waals surface area contributed by atoms with Gasteiger partial charge >= 0.3 is 6.09 Å². The van der Waals surface area contributed by atoms with E-state index >= 15 is 0 Å². The summed E-state index contributed by atoms with van der Waals surface area (Å²) in [7, 11) is 1.32. The first-order chi connectivity index (χ1) is 20.4. The Hall–Kier alpha value is -4.75. The number of amides is 2. The maximum absolute atomic E-state index is 13.2. The molecular formula is C28H31ClN10O3. The van der Waals surface area contributed by atoms with E-state index in [1.165, 1.54) is 24.2 Å². The van der Waals surface area contributed by atoms with Gasteiger partial charge in [0.1, 0.15) is 12.2 Å². The molecule has 3 heterocycles. The van der Waals surface area contributed by atoms with E-state index in [0.29, 0.717) is 39.9 Å². The van der Waals surface area contributed by atoms with Crippen molar-refractivity contribution in [3.8, 4) is 16.9 Å². The molecule has 218 valence electrons. The average molecular weight is 591 g/mol. The molecule has 6 N–H and O–H groups in total. The molecule has 1 atom stereocenters. The molecular weight excluding hydrogens is 560 g/mol. The van der Waals surface area contributed by atoms with Crippen LogP contribution in [-0.4, -0.2) is 55.8 Å². The third kappa shape index (κ3) is 6.75. The zero-order chi connectivity index (χ0) is 29.5. The second-order valence-electron chi connectivity index (χ2n) is 9.66. The van der Waals surface area contributed by atoms with Crippen molar-refractivity contribution in [2.45, 2.75) is 38.3 Å². The Kier molecular flexibility index (Phi) is 9.09. The Morgan fingerprint density at radius 1 is 1.21 bits per heavy atom. The van der Waals surface area contributed by atoms with Gasteiger partial charge in [0.05, 0.1) is 30.2 Å². The third-order valence-electron chi connectivity index (χ3n) is 6.84. The molecule has 2 bridgehead atoms. The van der Waals surface area contributed by atoms with E-state index in [-0.39, 0.29) is 18.5 Å². The number of nitrogens with one attached hydrogen (secondary N) is 4. The summed E-state index contributed by atoms with van der Waals surface area (Å²) in [5.74, 6) is 0.329. The fourth-order valence-corrected chi connectivity index (χ4v) is 4.96. The molecule has 2 aromatic carbocycles. The second kappa shape index (κ2) is 13.3. The minimum Gasteiger partial charge on any atom is -0.453 e. The minimum absolute atomic E-state index is 0.221. The van der Waals surface area contributed by atoms with Crippen LogP contribution in [-0.2, 0) is 16.1 Å². The van der Waals surface area contributed by atoms with E-state index in [4.69, 9.17) is 27.1 Å². The fraction of sp³-hybridized carbons (Fsp3) is 0.286. The molecule has 0 saturated carbocycles. The van der Waals surface area contributed by atoms with Crippen molar-refractivity contribution in [2.24, 2.45) is 5.73 Å². The average Bonchev–Trinajstić information content (AvgIpc) is 3.67. The van der Waals surface area contributed by atoms with Gasteiger partial charge in [0.2, 0.25) is 5.91 Å². The zero-order valence-corrected chi connectivity index (χ0v) is 23.7. The number of H-pyrrole nitrogens is 1. The molecule has 0 unspecified atom stereocenters. The standard InChI is InChI=1S/C28H31ClN10O3/c1-42-28(41)33-19-8-9-20-22(14-19)31-12-4-2-3-5-21(27-35-23(15-30)26(20)36-27)34-25(40)11-6-17-13-18(29)7-10-24(17)39-16-32-37-38-39/h6-11,13-14,16,21,31H,2-5,12,15,30H2,1H3,(H,33,41)(H,34,40)(H,35,36)/b11-6+/t21-/m0/s1. The highest BCUT2D eigenvalue weighted by Gasteiger charge is 2.22. The number of ether oxygens (including phenoxy) is 1. The van der Waals surface area contributed by atoms with Gasteiger partial charge in [-0.3, -0.25) is 10.1 Å². The predicted molar refractivity (Wildman–Crippen MR) is 159 cm³/mol. The van der Waals surface area contributed by atoms with Crippen LogP contribution in [0.4, 0.5) is 16.2 Å². The van der Waals surface area contributed by atoms with E-state index in [1.54, 1.807) is 30.3 Å². The predicted octanol–water partition coefficient (Wildman–Crippen LogP) is 4.20. The molecule has 2 aromatic heterocycles. The maximum Gasteiger partial charge on any atom is 0.411 e. The molecule has 4 aromatic rings. The van der Waals surface area contributed by atoms with E-state index in [9.17, 15) is 9.59 Å². The summed E-state index contributed by atoms with van der Waals surface area (Å²) in [5, 5.41) is 21.1. The first kappa shape index (κ1) is 28.8. The smallest absolute Gasteiger partial charge is 0.411 e. The summed E-state index contributed by atoms with van der Waals surface area (Å²) in [6.45, 7) is 0.951. The lowest BCUT2D eigenvalue weighted by atomic mass is 10.0. The minimum atomic E-state index is -0.553. The van der Waals surface area contributed by atoms with Gasteiger partial charge in [-0.25, -0.2) is 9.78 Å². The number of anilines is 2. The number of benzene rings is 2. The van der Waals surface area contributed by atoms with Crippen molar-refractivity contribution >= 4 is 41.1 Å². The van der Waals surface area contributed by atoms with Gasteiger partial charge in [-0.15, -0.1) is 5.10 Å². The summed E-state index contributed by atoms with van der Waals surface area (Å²) < 4.78 is 6.23. The van der Waals surface area contributed by atoms with Crippen LogP contribution in [0, 0.1) is 0 Å². The van der Waals surface area contributed by atoms with Gasteiger partial charge in [-0.05, 0) is 65.7 Å². The summed E-state index contributed by atoms with van der Waals surface area (Å²) in [4.78, 5) is 33.2. The Balaban J connectivity index is 1.42. The molecule has 1 aliphatic rings. The maximum atomic E-state index is 13.2. The Labute approximate surface area is 246 Å². The lowest BCUT2D eigenvalue weighted by Gasteiger charge is -2.17. The number of imidazole rings is 1. The van der Waals surface area contributed by atoms with Gasteiger partial charge in [-0.2, -0.15) is 4.68 Å². The number of rotatable bonds is 6. The number of carbonyl (C=O) groups is 2. The Bertz CT molecular complexity index is 1580. The summed E-state index contributed by atoms with van der Waals surface area (Å²) >= 11 is 6.22. The molecule has 0 fully saturated rings. The van der Waals surface area contributed by atoms with E-state index in [0.717, 1.165) is 42.8 Å². The number of hydrogen-bond donors (Lipinski definition) is 5. The van der Waals surface area contributed by atoms with Gasteiger partial charge in [-0.1, -0.05) is 24.4 Å². The van der Waals surface area contributed by atoms with Crippen LogP contribution >= 0.6 is 11.6 Å². The van der Waals surface area contributed by atoms with Crippen molar-refractivity contribution < 1.29 is 14.3 Å². The topological polar surface area (TPSA) is 178 Å². The van der Waals surface area contributed by atoms with Gasteiger partial charge in [0.15, 0.2) is 0 Å². The van der Waals surface area contributed by atoms with Crippen LogP contribution in [0.5, 0.6) is 0 Å². The summed E-state index contributed by atoms with van der Waals surface area (Å²) in [6.07, 6.45) is 7.48. The van der Waals surface area contributed by atoms with E-state index in [2.05, 4.69) is 36.5 Å². The van der Waals surface area contributed by atoms with Crippen LogP contribution in [0.25, 0.3) is 23.0 Å². The number of halogens is 1. The molecule has 2 amide bonds. The number of nitrogens with two attached hydrogens (primary N) is 1. The molecule has 0 aliphatic carbocycles. The van der Waals surface area contributed by atoms with Crippen LogP contribution < -0.4 is 21.7 Å². The monoisotopic (exact) mass is 590 g/mol. The number of carbonyl (C=O) groups excluding carboxylic acids is 2. The van der Waals surface area contributed by atoms with Crippen molar-refractivity contribution in [1.29, 1.82) is 0 Å². The highest BCUT2D eigenvalue weighted by Crippen LogP contribution is 2.34. The largest absolute Gasteiger partial charge is 0.453 e. The summed E-state index contributed by atoms with van der Waals surface area (Å²) in [6, 6.07) is 10.4. The van der Waals surface area contributed by atoms with Crippen LogP contribution in [0.15, 0.2) is 48.8 Å². The van der Waals surface area contributed by atoms with Crippen molar-refractivity contribution in [2.75, 3.05) is 24.3 Å². The molecule has 5 rings (SSSR count). The van der Waals surface area contributed by atoms with Crippen molar-refractivity contribution in [3.63, 3.8) is 0 Å². The number of nitrogens with zero attached hydrogens (tertiary/aromatic N) is 5. The van der Waals surface area contributed by atoms with Gasteiger partial charge in [0, 0.05) is 46.7 Å². The quantitative estimate of drug-likeness (QED) is 0.206. The molecule has 0 radical (unpaired) electrons. The van der Waals surface area contributed by atoms with E-state index in [1.807, 2.05) is 12.1 Å². The number of hydrogen-bond acceptors (Lipinski definition) is 9. The van der Waals surface area contributed by atoms with Crippen LogP contribution in [0.1, 0.15) is 48.8 Å². The van der Waals surface area contributed by atoms with Crippen LogP contribution in [0.2, 0.25) is 5.02 Å². The van der Waals surface area contributed by atoms with E-state index < -0.39 is 6.09 Å². The lowest BCUT2D eigenvalue weighted by Crippen LogP contribution is -2.28. The summed E-state index contributed by atoms with van der Waals surface area (Å²) in [5.41, 5.74) is 11.1. The molecule has 0 saturated heterocycles. The second-order valence-corrected chi connectivity index (χ2v) is 10.1. The highest BCUT2D eigenvalue weighted by atomic mass is 35.5. The SMILES string of the molecule is COC(=O)Nc1ccc2c(c1)NCCCCC[C@H](NC(=O)/C=C/c1cc(Cl)ccc1-n1cnnn1)c1nc-2c(CN)[nH]1. The number of methoxy groups -OCH3 is 1. The molecule has 13 nitrogen and oxygen atoms in total.